The van der Waals surface area contributed by atoms with Crippen LogP contribution in [0.3, 0.4) is 0 Å². The Labute approximate surface area is 118 Å². The zero-order valence-corrected chi connectivity index (χ0v) is 11.9. The molecule has 1 fully saturated rings. The highest BCUT2D eigenvalue weighted by Gasteiger charge is 2.20. The molecule has 1 aromatic carbocycles. The third-order valence-corrected chi connectivity index (χ3v) is 4.17. The average molecular weight is 276 g/mol. The number of rotatable bonds is 2. The molecule has 3 nitrogen and oxygen atoms in total. The Morgan fingerprint density at radius 1 is 1.21 bits per heavy atom. The van der Waals surface area contributed by atoms with E-state index in [2.05, 4.69) is 15.2 Å². The number of halogens is 1. The van der Waals surface area contributed by atoms with Crippen molar-refractivity contribution in [2.75, 3.05) is 0 Å². The van der Waals surface area contributed by atoms with E-state index in [0.29, 0.717) is 16.8 Å². The van der Waals surface area contributed by atoms with Crippen LogP contribution in [-0.4, -0.2) is 15.2 Å². The quantitative estimate of drug-likeness (QED) is 0.878. The lowest BCUT2D eigenvalue weighted by molar-refractivity contribution is 0.429. The molecule has 1 N–H and O–H groups in total. The van der Waals surface area contributed by atoms with Crippen LogP contribution in [0.1, 0.15) is 49.4 Å². The Bertz CT molecular complexity index is 571. The first-order valence-electron chi connectivity index (χ1n) is 6.93. The standard InChI is InChI=1S/C15H18ClN3/c1-10-7-8-12(13(16)9-10)15-17-14(18-19-15)11-5-3-2-4-6-11/h7-9,11H,2-6H2,1H3,(H,17,18,19). The predicted octanol–water partition coefficient (Wildman–Crippen LogP) is 4.48. The monoisotopic (exact) mass is 275 g/mol. The summed E-state index contributed by atoms with van der Waals surface area (Å²) in [5.41, 5.74) is 2.06. The summed E-state index contributed by atoms with van der Waals surface area (Å²) in [6.07, 6.45) is 6.38. The number of aryl methyl sites for hydroxylation is 1. The van der Waals surface area contributed by atoms with Crippen LogP contribution in [0, 0.1) is 6.92 Å². The Morgan fingerprint density at radius 2 is 2.00 bits per heavy atom. The molecule has 0 saturated heterocycles. The minimum atomic E-state index is 0.541. The van der Waals surface area contributed by atoms with Crippen molar-refractivity contribution in [1.82, 2.24) is 15.2 Å². The van der Waals surface area contributed by atoms with Gasteiger partial charge in [-0.25, -0.2) is 4.98 Å². The molecule has 3 rings (SSSR count). The number of hydrogen-bond acceptors (Lipinski definition) is 2. The minimum absolute atomic E-state index is 0.541. The highest BCUT2D eigenvalue weighted by atomic mass is 35.5. The molecular formula is C15H18ClN3. The van der Waals surface area contributed by atoms with Crippen molar-refractivity contribution in [3.05, 3.63) is 34.6 Å². The van der Waals surface area contributed by atoms with Gasteiger partial charge < -0.3 is 0 Å². The van der Waals surface area contributed by atoms with E-state index in [4.69, 9.17) is 11.6 Å². The third kappa shape index (κ3) is 2.66. The number of benzene rings is 1. The number of nitrogens with zero attached hydrogens (tertiary/aromatic N) is 2. The van der Waals surface area contributed by atoms with Crippen LogP contribution < -0.4 is 0 Å². The van der Waals surface area contributed by atoms with Gasteiger partial charge in [0.2, 0.25) is 0 Å². The van der Waals surface area contributed by atoms with Gasteiger partial charge in [0, 0.05) is 11.5 Å². The number of H-pyrrole nitrogens is 1. The zero-order chi connectivity index (χ0) is 13.2. The van der Waals surface area contributed by atoms with E-state index >= 15 is 0 Å². The van der Waals surface area contributed by atoms with Crippen LogP contribution in [0.25, 0.3) is 11.4 Å². The lowest BCUT2D eigenvalue weighted by Crippen LogP contribution is -2.06. The van der Waals surface area contributed by atoms with E-state index in [0.717, 1.165) is 17.0 Å². The SMILES string of the molecule is Cc1ccc(-c2n[nH]c(C3CCCCC3)n2)c(Cl)c1. The highest BCUT2D eigenvalue weighted by Crippen LogP contribution is 2.32. The van der Waals surface area contributed by atoms with E-state index in [1.54, 1.807) is 0 Å². The average Bonchev–Trinajstić information content (AvgIpc) is 2.89. The zero-order valence-electron chi connectivity index (χ0n) is 11.1. The molecule has 4 heteroatoms. The molecule has 19 heavy (non-hydrogen) atoms. The van der Waals surface area contributed by atoms with Gasteiger partial charge in [-0.2, -0.15) is 5.10 Å². The first-order chi connectivity index (χ1) is 9.24. The normalized spacial score (nSPS) is 16.7. The fraction of sp³-hybridized carbons (Fsp3) is 0.467. The van der Waals surface area contributed by atoms with Crippen LogP contribution in [0.5, 0.6) is 0 Å². The molecular weight excluding hydrogens is 258 g/mol. The van der Waals surface area contributed by atoms with Gasteiger partial charge in [0.25, 0.3) is 0 Å². The number of hydrogen-bond donors (Lipinski definition) is 1. The molecule has 1 aliphatic carbocycles. The van der Waals surface area contributed by atoms with E-state index in [9.17, 15) is 0 Å². The molecule has 0 unspecified atom stereocenters. The van der Waals surface area contributed by atoms with Crippen molar-refractivity contribution >= 4 is 11.6 Å². The van der Waals surface area contributed by atoms with Gasteiger partial charge in [-0.05, 0) is 37.5 Å². The lowest BCUT2D eigenvalue weighted by Gasteiger charge is -2.18. The highest BCUT2D eigenvalue weighted by molar-refractivity contribution is 6.33. The fourth-order valence-electron chi connectivity index (χ4n) is 2.75. The summed E-state index contributed by atoms with van der Waals surface area (Å²) >= 11 is 6.27. The molecule has 1 aliphatic rings. The van der Waals surface area contributed by atoms with Gasteiger partial charge in [-0.1, -0.05) is 36.9 Å². The molecule has 0 bridgehead atoms. The van der Waals surface area contributed by atoms with Crippen molar-refractivity contribution in [3.8, 4) is 11.4 Å². The molecule has 1 saturated carbocycles. The van der Waals surface area contributed by atoms with E-state index in [-0.39, 0.29) is 0 Å². The summed E-state index contributed by atoms with van der Waals surface area (Å²) in [6, 6.07) is 5.98. The summed E-state index contributed by atoms with van der Waals surface area (Å²) in [5.74, 6) is 2.27. The summed E-state index contributed by atoms with van der Waals surface area (Å²) in [5, 5.41) is 8.14. The van der Waals surface area contributed by atoms with Gasteiger partial charge in [0.05, 0.1) is 5.02 Å². The molecule has 0 aliphatic heterocycles. The van der Waals surface area contributed by atoms with Crippen molar-refractivity contribution in [1.29, 1.82) is 0 Å². The summed E-state index contributed by atoms with van der Waals surface area (Å²) < 4.78 is 0. The van der Waals surface area contributed by atoms with E-state index in [1.807, 2.05) is 25.1 Å². The number of nitrogens with one attached hydrogen (secondary N) is 1. The number of aromatic nitrogens is 3. The van der Waals surface area contributed by atoms with Gasteiger partial charge in [0.15, 0.2) is 5.82 Å². The van der Waals surface area contributed by atoms with Crippen molar-refractivity contribution < 1.29 is 0 Å². The molecule has 100 valence electrons. The second-order valence-electron chi connectivity index (χ2n) is 5.36. The summed E-state index contributed by atoms with van der Waals surface area (Å²) in [4.78, 5) is 4.64. The topological polar surface area (TPSA) is 41.6 Å². The molecule has 0 amide bonds. The molecule has 1 heterocycles. The third-order valence-electron chi connectivity index (χ3n) is 3.86. The molecule has 0 radical (unpaired) electrons. The van der Waals surface area contributed by atoms with Crippen LogP contribution >= 0.6 is 11.6 Å². The minimum Gasteiger partial charge on any atom is -0.262 e. The Hall–Kier alpha value is -1.35. The summed E-state index contributed by atoms with van der Waals surface area (Å²) in [7, 11) is 0. The first kappa shape index (κ1) is 12.7. The van der Waals surface area contributed by atoms with Crippen LogP contribution in [0.4, 0.5) is 0 Å². The fourth-order valence-corrected chi connectivity index (χ4v) is 3.07. The van der Waals surface area contributed by atoms with Crippen molar-refractivity contribution in [2.45, 2.75) is 44.9 Å². The lowest BCUT2D eigenvalue weighted by atomic mass is 9.89. The molecule has 0 atom stereocenters. The Morgan fingerprint density at radius 3 is 2.74 bits per heavy atom. The maximum Gasteiger partial charge on any atom is 0.182 e. The molecule has 0 spiro atoms. The molecule has 1 aromatic heterocycles. The Balaban J connectivity index is 1.87. The molecule has 2 aromatic rings. The van der Waals surface area contributed by atoms with Crippen LogP contribution in [-0.2, 0) is 0 Å². The van der Waals surface area contributed by atoms with Crippen LogP contribution in [0.15, 0.2) is 18.2 Å². The van der Waals surface area contributed by atoms with Gasteiger partial charge in [-0.15, -0.1) is 0 Å². The summed E-state index contributed by atoms with van der Waals surface area (Å²) in [6.45, 7) is 2.03. The van der Waals surface area contributed by atoms with Gasteiger partial charge >= 0.3 is 0 Å². The van der Waals surface area contributed by atoms with E-state index < -0.39 is 0 Å². The van der Waals surface area contributed by atoms with Gasteiger partial charge in [-0.3, -0.25) is 5.10 Å². The van der Waals surface area contributed by atoms with Crippen LogP contribution in [0.2, 0.25) is 5.02 Å². The largest absolute Gasteiger partial charge is 0.262 e. The predicted molar refractivity (Wildman–Crippen MR) is 77.4 cm³/mol. The maximum atomic E-state index is 6.27. The smallest absolute Gasteiger partial charge is 0.182 e. The van der Waals surface area contributed by atoms with E-state index in [1.165, 1.54) is 32.1 Å². The Kier molecular flexibility index (Phi) is 3.56. The second kappa shape index (κ2) is 5.33. The first-order valence-corrected chi connectivity index (χ1v) is 7.30. The van der Waals surface area contributed by atoms with Crippen molar-refractivity contribution in [3.63, 3.8) is 0 Å². The second-order valence-corrected chi connectivity index (χ2v) is 5.77. The van der Waals surface area contributed by atoms with Crippen molar-refractivity contribution in [2.24, 2.45) is 0 Å². The van der Waals surface area contributed by atoms with Gasteiger partial charge in [0.1, 0.15) is 5.82 Å². The number of aromatic amines is 1. The maximum absolute atomic E-state index is 6.27.